The molecule has 19 heavy (non-hydrogen) atoms. The Bertz CT molecular complexity index is 540. The second-order valence-corrected chi connectivity index (χ2v) is 5.26. The summed E-state index contributed by atoms with van der Waals surface area (Å²) in [4.78, 5) is 4.54. The summed E-state index contributed by atoms with van der Waals surface area (Å²) >= 11 is 0. The summed E-state index contributed by atoms with van der Waals surface area (Å²) in [7, 11) is 0. The van der Waals surface area contributed by atoms with E-state index in [0.29, 0.717) is 0 Å². The molecule has 100 valence electrons. The molecule has 1 aliphatic carbocycles. The normalized spacial score (nSPS) is 14.8. The van der Waals surface area contributed by atoms with Crippen molar-refractivity contribution < 1.29 is 0 Å². The number of hydrogen-bond acceptors (Lipinski definition) is 2. The van der Waals surface area contributed by atoms with Crippen molar-refractivity contribution in [3.05, 3.63) is 42.2 Å². The number of aromatic nitrogens is 2. The average molecular weight is 255 g/mol. The fourth-order valence-electron chi connectivity index (χ4n) is 2.41. The number of nitrogens with one attached hydrogen (secondary N) is 1. The molecular weight excluding hydrogens is 234 g/mol. The number of nitrogens with zero attached hydrogens (tertiary/aromatic N) is 2. The van der Waals surface area contributed by atoms with Gasteiger partial charge in [-0.05, 0) is 24.8 Å². The lowest BCUT2D eigenvalue weighted by Gasteiger charge is -2.12. The number of benzene rings is 1. The highest BCUT2D eigenvalue weighted by molar-refractivity contribution is 5.60. The lowest BCUT2D eigenvalue weighted by molar-refractivity contribution is 0.676. The van der Waals surface area contributed by atoms with Gasteiger partial charge in [0.1, 0.15) is 5.82 Å². The van der Waals surface area contributed by atoms with Crippen LogP contribution in [0.4, 0.5) is 0 Å². The van der Waals surface area contributed by atoms with Gasteiger partial charge in [-0.3, -0.25) is 0 Å². The number of hydrogen-bond donors (Lipinski definition) is 1. The Balaban J connectivity index is 1.87. The molecule has 0 saturated heterocycles. The molecule has 3 heteroatoms. The third kappa shape index (κ3) is 2.87. The van der Waals surface area contributed by atoms with E-state index in [1.54, 1.807) is 0 Å². The highest BCUT2D eigenvalue weighted by atomic mass is 15.1. The van der Waals surface area contributed by atoms with Crippen LogP contribution in [-0.2, 0) is 13.1 Å². The molecule has 3 nitrogen and oxygen atoms in total. The van der Waals surface area contributed by atoms with Crippen LogP contribution in [0.25, 0.3) is 11.4 Å². The molecule has 0 unspecified atom stereocenters. The molecule has 1 aromatic heterocycles. The molecule has 1 saturated carbocycles. The summed E-state index contributed by atoms with van der Waals surface area (Å²) in [5, 5.41) is 3.59. The fourth-order valence-corrected chi connectivity index (χ4v) is 2.41. The van der Waals surface area contributed by atoms with Gasteiger partial charge < -0.3 is 9.88 Å². The molecule has 0 spiro atoms. The van der Waals surface area contributed by atoms with Crippen molar-refractivity contribution in [2.45, 2.75) is 45.3 Å². The smallest absolute Gasteiger partial charge is 0.140 e. The number of aryl methyl sites for hydroxylation is 1. The van der Waals surface area contributed by atoms with Gasteiger partial charge in [0.2, 0.25) is 0 Å². The third-order valence-corrected chi connectivity index (χ3v) is 3.60. The van der Waals surface area contributed by atoms with Crippen molar-refractivity contribution in [2.75, 3.05) is 0 Å². The number of rotatable bonds is 6. The molecule has 2 aromatic rings. The fraction of sp³-hybridized carbons (Fsp3) is 0.438. The first-order chi connectivity index (χ1) is 9.38. The van der Waals surface area contributed by atoms with E-state index in [1.165, 1.54) is 24.0 Å². The van der Waals surface area contributed by atoms with E-state index < -0.39 is 0 Å². The van der Waals surface area contributed by atoms with Crippen molar-refractivity contribution in [1.29, 1.82) is 0 Å². The molecule has 3 rings (SSSR count). The zero-order valence-electron chi connectivity index (χ0n) is 11.5. The maximum absolute atomic E-state index is 4.54. The van der Waals surface area contributed by atoms with Gasteiger partial charge in [0, 0.05) is 37.1 Å². The van der Waals surface area contributed by atoms with Crippen molar-refractivity contribution in [3.63, 3.8) is 0 Å². The predicted molar refractivity (Wildman–Crippen MR) is 77.8 cm³/mol. The average Bonchev–Trinajstić information content (AvgIpc) is 3.16. The van der Waals surface area contributed by atoms with E-state index in [-0.39, 0.29) is 0 Å². The topological polar surface area (TPSA) is 29.9 Å². The maximum atomic E-state index is 4.54. The van der Waals surface area contributed by atoms with Crippen LogP contribution >= 0.6 is 0 Å². The van der Waals surface area contributed by atoms with Gasteiger partial charge in [-0.15, -0.1) is 0 Å². The minimum atomic E-state index is 0.739. The van der Waals surface area contributed by atoms with Crippen LogP contribution in [0.15, 0.2) is 36.7 Å². The van der Waals surface area contributed by atoms with Gasteiger partial charge in [0.15, 0.2) is 0 Å². The van der Waals surface area contributed by atoms with Crippen molar-refractivity contribution in [3.8, 4) is 11.4 Å². The van der Waals surface area contributed by atoms with Gasteiger partial charge in [-0.25, -0.2) is 4.98 Å². The largest absolute Gasteiger partial charge is 0.331 e. The zero-order valence-corrected chi connectivity index (χ0v) is 11.5. The summed E-state index contributed by atoms with van der Waals surface area (Å²) in [6.45, 7) is 4.17. The lowest BCUT2D eigenvalue weighted by Crippen LogP contribution is -2.16. The third-order valence-electron chi connectivity index (χ3n) is 3.60. The lowest BCUT2D eigenvalue weighted by atomic mass is 10.1. The van der Waals surface area contributed by atoms with Gasteiger partial charge in [-0.2, -0.15) is 0 Å². The van der Waals surface area contributed by atoms with Crippen molar-refractivity contribution in [1.82, 2.24) is 14.9 Å². The summed E-state index contributed by atoms with van der Waals surface area (Å²) in [5.41, 5.74) is 2.60. The molecule has 0 aliphatic heterocycles. The summed E-state index contributed by atoms with van der Waals surface area (Å²) in [6, 6.07) is 9.33. The molecule has 1 fully saturated rings. The summed E-state index contributed by atoms with van der Waals surface area (Å²) < 4.78 is 2.25. The molecule has 1 heterocycles. The molecule has 0 amide bonds. The highest BCUT2D eigenvalue weighted by Crippen LogP contribution is 2.24. The van der Waals surface area contributed by atoms with E-state index in [2.05, 4.69) is 52.3 Å². The Morgan fingerprint density at radius 2 is 2.16 bits per heavy atom. The van der Waals surface area contributed by atoms with Gasteiger partial charge in [-0.1, -0.05) is 31.2 Å². The van der Waals surface area contributed by atoms with Crippen LogP contribution in [-0.4, -0.2) is 15.6 Å². The van der Waals surface area contributed by atoms with E-state index in [1.807, 2.05) is 6.20 Å². The Labute approximate surface area is 114 Å². The first kappa shape index (κ1) is 12.4. The van der Waals surface area contributed by atoms with E-state index in [4.69, 9.17) is 0 Å². The number of imidazole rings is 1. The quantitative estimate of drug-likeness (QED) is 0.859. The molecule has 0 radical (unpaired) electrons. The first-order valence-electron chi connectivity index (χ1n) is 7.21. The minimum Gasteiger partial charge on any atom is -0.331 e. The summed E-state index contributed by atoms with van der Waals surface area (Å²) in [5.74, 6) is 1.09. The second-order valence-electron chi connectivity index (χ2n) is 5.26. The zero-order chi connectivity index (χ0) is 13.1. The van der Waals surface area contributed by atoms with Crippen molar-refractivity contribution >= 4 is 0 Å². The monoisotopic (exact) mass is 255 g/mol. The first-order valence-corrected chi connectivity index (χ1v) is 7.21. The molecular formula is C16H21N3. The minimum absolute atomic E-state index is 0.739. The Morgan fingerprint density at radius 3 is 2.95 bits per heavy atom. The molecule has 1 aliphatic rings. The molecule has 0 atom stereocenters. The van der Waals surface area contributed by atoms with Gasteiger partial charge in [0.25, 0.3) is 0 Å². The van der Waals surface area contributed by atoms with Crippen molar-refractivity contribution in [2.24, 2.45) is 0 Å². The molecule has 1 aromatic carbocycles. The second kappa shape index (κ2) is 5.57. The van der Waals surface area contributed by atoms with Crippen LogP contribution in [0.1, 0.15) is 31.7 Å². The van der Waals surface area contributed by atoms with E-state index in [0.717, 1.165) is 31.4 Å². The van der Waals surface area contributed by atoms with Crippen LogP contribution in [0, 0.1) is 0 Å². The standard InChI is InChI=1S/C16H21N3/c1-2-10-19-11-9-17-16(19)15-6-4-3-5-13(15)12-18-14-7-8-14/h3-6,9,11,14,18H,2,7-8,10,12H2,1H3. The Kier molecular flexibility index (Phi) is 3.65. The highest BCUT2D eigenvalue weighted by Gasteiger charge is 2.20. The SMILES string of the molecule is CCCn1ccnc1-c1ccccc1CNC1CC1. The Hall–Kier alpha value is -1.61. The van der Waals surface area contributed by atoms with Crippen LogP contribution in [0.5, 0.6) is 0 Å². The Morgan fingerprint density at radius 1 is 1.32 bits per heavy atom. The van der Waals surface area contributed by atoms with E-state index >= 15 is 0 Å². The van der Waals surface area contributed by atoms with Gasteiger partial charge >= 0.3 is 0 Å². The van der Waals surface area contributed by atoms with Crippen LogP contribution in [0.2, 0.25) is 0 Å². The predicted octanol–water partition coefficient (Wildman–Crippen LogP) is 3.21. The van der Waals surface area contributed by atoms with Gasteiger partial charge in [0.05, 0.1) is 0 Å². The molecule has 0 bridgehead atoms. The van der Waals surface area contributed by atoms with Crippen LogP contribution in [0.3, 0.4) is 0 Å². The summed E-state index contributed by atoms with van der Waals surface area (Å²) in [6.07, 6.45) is 7.76. The molecule has 1 N–H and O–H groups in total. The van der Waals surface area contributed by atoms with E-state index in [9.17, 15) is 0 Å². The van der Waals surface area contributed by atoms with Crippen LogP contribution < -0.4 is 5.32 Å². The maximum Gasteiger partial charge on any atom is 0.140 e.